The topological polar surface area (TPSA) is 71.3 Å². The highest BCUT2D eigenvalue weighted by atomic mass is 16.3. The molecular weight excluding hydrogens is 316 g/mol. The lowest BCUT2D eigenvalue weighted by atomic mass is 9.96. The number of oxazole rings is 1. The summed E-state index contributed by atoms with van der Waals surface area (Å²) in [5, 5.41) is 2.68. The fraction of sp³-hybridized carbons (Fsp3) is 0.316. The molecule has 0 spiro atoms. The second-order valence-electron chi connectivity index (χ2n) is 6.23. The van der Waals surface area contributed by atoms with Gasteiger partial charge >= 0.3 is 0 Å². The minimum Gasteiger partial charge on any atom is -0.440 e. The average molecular weight is 336 g/mol. The van der Waals surface area contributed by atoms with Crippen LogP contribution >= 0.6 is 0 Å². The van der Waals surface area contributed by atoms with Gasteiger partial charge in [-0.1, -0.05) is 12.1 Å². The zero-order chi connectivity index (χ0) is 17.2. The number of nitrogens with zero attached hydrogens (tertiary/aromatic N) is 3. The van der Waals surface area contributed by atoms with Crippen LogP contribution in [-0.2, 0) is 0 Å². The number of pyridine rings is 1. The first-order chi connectivity index (χ1) is 12.3. The number of hydrogen-bond acceptors (Lipinski definition) is 5. The van der Waals surface area contributed by atoms with Crippen LogP contribution in [0, 0.1) is 0 Å². The van der Waals surface area contributed by atoms with Crippen molar-refractivity contribution >= 4 is 22.8 Å². The number of para-hydroxylation sites is 2. The first kappa shape index (κ1) is 15.6. The number of carbonyl (C=O) groups is 1. The standard InChI is InChI=1S/C19H20N4O2/c1-20-18(24)14-5-4-10-21-17(14)23-11-8-13(9-12-23)19-22-15-6-2-3-7-16(15)25-19/h2-7,10,13H,8-9,11-12H2,1H3,(H,20,24). The van der Waals surface area contributed by atoms with Gasteiger partial charge in [-0.3, -0.25) is 4.79 Å². The van der Waals surface area contributed by atoms with Crippen LogP contribution in [-0.4, -0.2) is 36.0 Å². The van der Waals surface area contributed by atoms with E-state index in [-0.39, 0.29) is 5.91 Å². The Hall–Kier alpha value is -2.89. The number of carbonyl (C=O) groups excluding carboxylic acids is 1. The summed E-state index contributed by atoms with van der Waals surface area (Å²) in [6.07, 6.45) is 3.59. The Bertz CT molecular complexity index is 864. The molecular formula is C19H20N4O2. The van der Waals surface area contributed by atoms with Crippen LogP contribution in [0.4, 0.5) is 5.82 Å². The fourth-order valence-corrected chi connectivity index (χ4v) is 3.36. The minimum atomic E-state index is -0.107. The molecule has 6 heteroatoms. The van der Waals surface area contributed by atoms with Crippen molar-refractivity contribution in [1.82, 2.24) is 15.3 Å². The van der Waals surface area contributed by atoms with Crippen molar-refractivity contribution in [3.05, 3.63) is 54.0 Å². The van der Waals surface area contributed by atoms with Crippen molar-refractivity contribution in [3.63, 3.8) is 0 Å². The van der Waals surface area contributed by atoms with Crippen LogP contribution in [0.5, 0.6) is 0 Å². The predicted molar refractivity (Wildman–Crippen MR) is 95.8 cm³/mol. The molecule has 1 aliphatic heterocycles. The summed E-state index contributed by atoms with van der Waals surface area (Å²) in [6.45, 7) is 1.65. The Labute approximate surface area is 145 Å². The monoisotopic (exact) mass is 336 g/mol. The molecule has 25 heavy (non-hydrogen) atoms. The lowest BCUT2D eigenvalue weighted by molar-refractivity contribution is 0.0963. The molecule has 1 aliphatic rings. The maximum Gasteiger partial charge on any atom is 0.254 e. The van der Waals surface area contributed by atoms with Gasteiger partial charge in [0.05, 0.1) is 5.56 Å². The molecule has 4 rings (SSSR count). The van der Waals surface area contributed by atoms with Crippen LogP contribution < -0.4 is 10.2 Å². The molecule has 0 unspecified atom stereocenters. The molecule has 1 N–H and O–H groups in total. The third kappa shape index (κ3) is 2.95. The highest BCUT2D eigenvalue weighted by Gasteiger charge is 2.27. The molecule has 3 heterocycles. The van der Waals surface area contributed by atoms with E-state index in [1.807, 2.05) is 30.3 Å². The van der Waals surface area contributed by atoms with Crippen molar-refractivity contribution in [2.75, 3.05) is 25.0 Å². The normalized spacial score (nSPS) is 15.5. The molecule has 0 saturated carbocycles. The molecule has 0 bridgehead atoms. The van der Waals surface area contributed by atoms with Crippen LogP contribution in [0.3, 0.4) is 0 Å². The Morgan fingerprint density at radius 1 is 1.20 bits per heavy atom. The maximum atomic E-state index is 12.1. The van der Waals surface area contributed by atoms with Gasteiger partial charge in [0.2, 0.25) is 0 Å². The van der Waals surface area contributed by atoms with Crippen LogP contribution in [0.15, 0.2) is 47.0 Å². The highest BCUT2D eigenvalue weighted by molar-refractivity contribution is 5.98. The minimum absolute atomic E-state index is 0.107. The van der Waals surface area contributed by atoms with Gasteiger partial charge in [0.15, 0.2) is 11.5 Å². The average Bonchev–Trinajstić information content (AvgIpc) is 3.12. The second kappa shape index (κ2) is 6.55. The van der Waals surface area contributed by atoms with E-state index < -0.39 is 0 Å². The lowest BCUT2D eigenvalue weighted by Crippen LogP contribution is -2.35. The third-order valence-corrected chi connectivity index (χ3v) is 4.71. The summed E-state index contributed by atoms with van der Waals surface area (Å²) < 4.78 is 5.92. The Balaban J connectivity index is 1.51. The largest absolute Gasteiger partial charge is 0.440 e. The zero-order valence-electron chi connectivity index (χ0n) is 14.1. The molecule has 1 amide bonds. The molecule has 0 aliphatic carbocycles. The number of nitrogens with one attached hydrogen (secondary N) is 1. The molecule has 128 valence electrons. The van der Waals surface area contributed by atoms with Gasteiger partial charge in [0.25, 0.3) is 5.91 Å². The van der Waals surface area contributed by atoms with Crippen LogP contribution in [0.2, 0.25) is 0 Å². The number of rotatable bonds is 3. The summed E-state index contributed by atoms with van der Waals surface area (Å²) in [7, 11) is 1.64. The highest BCUT2D eigenvalue weighted by Crippen LogP contribution is 2.32. The van der Waals surface area contributed by atoms with Crippen molar-refractivity contribution in [3.8, 4) is 0 Å². The first-order valence-electron chi connectivity index (χ1n) is 8.54. The SMILES string of the molecule is CNC(=O)c1cccnc1N1CCC(c2nc3ccccc3o2)CC1. The van der Waals surface area contributed by atoms with Crippen LogP contribution in [0.25, 0.3) is 11.1 Å². The predicted octanol–water partition coefficient (Wildman–Crippen LogP) is 2.97. The number of anilines is 1. The Morgan fingerprint density at radius 3 is 2.76 bits per heavy atom. The molecule has 1 aromatic carbocycles. The number of amides is 1. The summed E-state index contributed by atoms with van der Waals surface area (Å²) in [6, 6.07) is 11.5. The molecule has 1 fully saturated rings. The van der Waals surface area contributed by atoms with E-state index in [9.17, 15) is 4.79 Å². The van der Waals surface area contributed by atoms with E-state index in [1.165, 1.54) is 0 Å². The first-order valence-corrected chi connectivity index (χ1v) is 8.54. The Morgan fingerprint density at radius 2 is 2.00 bits per heavy atom. The van der Waals surface area contributed by atoms with E-state index in [0.717, 1.165) is 48.7 Å². The van der Waals surface area contributed by atoms with E-state index in [2.05, 4.69) is 20.2 Å². The number of hydrogen-bond donors (Lipinski definition) is 1. The number of piperidine rings is 1. The second-order valence-corrected chi connectivity index (χ2v) is 6.23. The summed E-state index contributed by atoms with van der Waals surface area (Å²) >= 11 is 0. The number of aromatic nitrogens is 2. The number of benzene rings is 1. The Kier molecular flexibility index (Phi) is 4.09. The van der Waals surface area contributed by atoms with Crippen molar-refractivity contribution in [2.45, 2.75) is 18.8 Å². The van der Waals surface area contributed by atoms with E-state index in [1.54, 1.807) is 19.3 Å². The summed E-state index contributed by atoms with van der Waals surface area (Å²) in [5.74, 6) is 1.76. The van der Waals surface area contributed by atoms with E-state index in [4.69, 9.17) is 4.42 Å². The van der Waals surface area contributed by atoms with Gasteiger partial charge in [0, 0.05) is 32.3 Å². The van der Waals surface area contributed by atoms with Gasteiger partial charge in [-0.25, -0.2) is 9.97 Å². The molecule has 1 saturated heterocycles. The summed E-state index contributed by atoms with van der Waals surface area (Å²) in [5.41, 5.74) is 2.36. The molecule has 0 radical (unpaired) electrons. The fourth-order valence-electron chi connectivity index (χ4n) is 3.36. The van der Waals surface area contributed by atoms with Crippen molar-refractivity contribution in [1.29, 1.82) is 0 Å². The smallest absolute Gasteiger partial charge is 0.254 e. The van der Waals surface area contributed by atoms with Crippen molar-refractivity contribution < 1.29 is 9.21 Å². The van der Waals surface area contributed by atoms with Gasteiger partial charge < -0.3 is 14.6 Å². The lowest BCUT2D eigenvalue weighted by Gasteiger charge is -2.32. The van der Waals surface area contributed by atoms with Crippen LogP contribution in [0.1, 0.15) is 35.0 Å². The third-order valence-electron chi connectivity index (χ3n) is 4.71. The van der Waals surface area contributed by atoms with Crippen molar-refractivity contribution in [2.24, 2.45) is 0 Å². The summed E-state index contributed by atoms with van der Waals surface area (Å²) in [4.78, 5) is 23.3. The van der Waals surface area contributed by atoms with E-state index >= 15 is 0 Å². The molecule has 0 atom stereocenters. The van der Waals surface area contributed by atoms with Gasteiger partial charge in [-0.15, -0.1) is 0 Å². The number of fused-ring (bicyclic) bond motifs is 1. The molecule has 2 aromatic heterocycles. The van der Waals surface area contributed by atoms with Gasteiger partial charge in [-0.2, -0.15) is 0 Å². The van der Waals surface area contributed by atoms with Gasteiger partial charge in [0.1, 0.15) is 11.3 Å². The zero-order valence-corrected chi connectivity index (χ0v) is 14.1. The maximum absolute atomic E-state index is 12.1. The van der Waals surface area contributed by atoms with Gasteiger partial charge in [-0.05, 0) is 37.1 Å². The molecule has 3 aromatic rings. The molecule has 6 nitrogen and oxygen atoms in total. The quantitative estimate of drug-likeness (QED) is 0.796. The van der Waals surface area contributed by atoms with E-state index in [0.29, 0.717) is 11.5 Å².